The Labute approximate surface area is 210 Å². The normalized spacial score (nSPS) is 19.6. The lowest BCUT2D eigenvalue weighted by atomic mass is 9.81. The molecule has 0 fully saturated rings. The summed E-state index contributed by atoms with van der Waals surface area (Å²) in [6.07, 6.45) is 2.84. The van der Waals surface area contributed by atoms with Crippen molar-refractivity contribution in [3.63, 3.8) is 0 Å². The molecule has 2 heterocycles. The molecule has 1 aliphatic rings. The standard InChI is InChI=1S/C26H35NO9/c1-3-34-26-18(8-11-32-14-15-33-13-10-28)20(16-23(36-26)25(30)27-9-12-31-2)21-17-35-22-7-5-4-6-19(22)24(21)29/h4-7,16-18,20,26,28H,3,8-15H2,1-2H3,(H,27,30). The molecule has 10 nitrogen and oxygen atoms in total. The fourth-order valence-corrected chi connectivity index (χ4v) is 4.08. The number of ether oxygens (including phenoxy) is 5. The minimum Gasteiger partial charge on any atom is -0.464 e. The van der Waals surface area contributed by atoms with Gasteiger partial charge in [0.2, 0.25) is 6.29 Å². The van der Waals surface area contributed by atoms with Crippen LogP contribution < -0.4 is 10.7 Å². The number of hydrogen-bond acceptors (Lipinski definition) is 9. The minimum absolute atomic E-state index is 0.0425. The first-order valence-corrected chi connectivity index (χ1v) is 12.1. The lowest BCUT2D eigenvalue weighted by molar-refractivity contribution is -0.168. The molecular weight excluding hydrogens is 470 g/mol. The number of para-hydroxylation sites is 1. The molecule has 0 aliphatic carbocycles. The van der Waals surface area contributed by atoms with Crippen LogP contribution in [-0.4, -0.2) is 77.2 Å². The van der Waals surface area contributed by atoms with E-state index in [1.165, 1.54) is 6.26 Å². The van der Waals surface area contributed by atoms with Crippen LogP contribution in [0.4, 0.5) is 0 Å². The monoisotopic (exact) mass is 505 g/mol. The number of hydrogen-bond donors (Lipinski definition) is 2. The zero-order valence-corrected chi connectivity index (χ0v) is 20.8. The van der Waals surface area contributed by atoms with E-state index in [-0.39, 0.29) is 30.3 Å². The first kappa shape index (κ1) is 27.8. The summed E-state index contributed by atoms with van der Waals surface area (Å²) in [5.74, 6) is -1.16. The van der Waals surface area contributed by atoms with Crippen LogP contribution in [0.2, 0.25) is 0 Å². The van der Waals surface area contributed by atoms with Gasteiger partial charge < -0.3 is 38.5 Å². The molecule has 1 aromatic carbocycles. The van der Waals surface area contributed by atoms with Crippen molar-refractivity contribution >= 4 is 16.9 Å². The largest absolute Gasteiger partial charge is 0.464 e. The molecule has 2 aromatic rings. The van der Waals surface area contributed by atoms with Gasteiger partial charge in [0.05, 0.1) is 44.7 Å². The van der Waals surface area contributed by atoms with Gasteiger partial charge in [-0.1, -0.05) is 12.1 Å². The second kappa shape index (κ2) is 14.7. The van der Waals surface area contributed by atoms with E-state index in [0.717, 1.165) is 0 Å². The number of aliphatic hydroxyl groups is 1. The Morgan fingerprint density at radius 2 is 1.89 bits per heavy atom. The molecule has 1 aliphatic heterocycles. The Balaban J connectivity index is 1.89. The van der Waals surface area contributed by atoms with Gasteiger partial charge in [0, 0.05) is 44.3 Å². The second-order valence-corrected chi connectivity index (χ2v) is 8.16. The average Bonchev–Trinajstić information content (AvgIpc) is 2.89. The van der Waals surface area contributed by atoms with Gasteiger partial charge in [0.15, 0.2) is 11.2 Å². The molecule has 0 spiro atoms. The zero-order chi connectivity index (χ0) is 25.8. The molecule has 0 saturated carbocycles. The minimum atomic E-state index is -0.770. The maximum atomic E-state index is 13.4. The SMILES string of the molecule is CCOC1OC(C(=O)NCCOC)=CC(c2coc3ccccc3c2=O)C1CCOCCOCCO. The highest BCUT2D eigenvalue weighted by Crippen LogP contribution is 2.38. The molecule has 1 amide bonds. The van der Waals surface area contributed by atoms with Crippen molar-refractivity contribution in [3.8, 4) is 0 Å². The molecule has 10 heteroatoms. The summed E-state index contributed by atoms with van der Waals surface area (Å²) in [7, 11) is 1.55. The number of allylic oxidation sites excluding steroid dienone is 1. The third-order valence-electron chi connectivity index (χ3n) is 5.80. The number of amides is 1. The van der Waals surface area contributed by atoms with Gasteiger partial charge in [-0.05, 0) is 31.6 Å². The van der Waals surface area contributed by atoms with Crippen molar-refractivity contribution in [3.05, 3.63) is 58.2 Å². The predicted molar refractivity (Wildman–Crippen MR) is 132 cm³/mol. The van der Waals surface area contributed by atoms with Gasteiger partial charge in [0.1, 0.15) is 5.58 Å². The summed E-state index contributed by atoms with van der Waals surface area (Å²) in [4.78, 5) is 26.3. The fourth-order valence-electron chi connectivity index (χ4n) is 4.08. The highest BCUT2D eigenvalue weighted by atomic mass is 16.7. The smallest absolute Gasteiger partial charge is 0.286 e. The lowest BCUT2D eigenvalue weighted by Gasteiger charge is -2.36. The molecule has 36 heavy (non-hydrogen) atoms. The van der Waals surface area contributed by atoms with Crippen LogP contribution in [0, 0.1) is 5.92 Å². The van der Waals surface area contributed by atoms with E-state index < -0.39 is 18.1 Å². The van der Waals surface area contributed by atoms with Gasteiger partial charge >= 0.3 is 0 Å². The Morgan fingerprint density at radius 1 is 1.11 bits per heavy atom. The highest BCUT2D eigenvalue weighted by molar-refractivity contribution is 5.91. The van der Waals surface area contributed by atoms with Crippen LogP contribution in [0.25, 0.3) is 11.0 Å². The molecule has 198 valence electrons. The number of fused-ring (bicyclic) bond motifs is 1. The first-order chi connectivity index (χ1) is 17.6. The Kier molecular flexibility index (Phi) is 11.4. The van der Waals surface area contributed by atoms with E-state index in [1.807, 2.05) is 6.92 Å². The molecular formula is C26H35NO9. The van der Waals surface area contributed by atoms with Gasteiger partial charge in [-0.15, -0.1) is 0 Å². The summed E-state index contributed by atoms with van der Waals surface area (Å²) in [6.45, 7) is 4.16. The van der Waals surface area contributed by atoms with Crippen molar-refractivity contribution in [2.75, 3.05) is 59.9 Å². The molecule has 2 N–H and O–H groups in total. The number of benzene rings is 1. The van der Waals surface area contributed by atoms with Crippen molar-refractivity contribution in [2.45, 2.75) is 25.6 Å². The summed E-state index contributed by atoms with van der Waals surface area (Å²) < 4.78 is 33.6. The van der Waals surface area contributed by atoms with E-state index in [0.29, 0.717) is 62.5 Å². The van der Waals surface area contributed by atoms with Crippen molar-refractivity contribution in [2.24, 2.45) is 5.92 Å². The second-order valence-electron chi connectivity index (χ2n) is 8.16. The first-order valence-electron chi connectivity index (χ1n) is 12.1. The number of methoxy groups -OCH3 is 1. The Bertz CT molecular complexity index is 1050. The van der Waals surface area contributed by atoms with Crippen LogP contribution in [0.5, 0.6) is 0 Å². The summed E-state index contributed by atoms with van der Waals surface area (Å²) >= 11 is 0. The third kappa shape index (κ3) is 7.37. The van der Waals surface area contributed by atoms with Crippen LogP contribution in [0.15, 0.2) is 51.6 Å². The third-order valence-corrected chi connectivity index (χ3v) is 5.80. The number of carbonyl (C=O) groups is 1. The molecule has 0 bridgehead atoms. The Hall–Kier alpha value is -2.76. The van der Waals surface area contributed by atoms with Gasteiger partial charge in [-0.25, -0.2) is 0 Å². The maximum Gasteiger partial charge on any atom is 0.286 e. The number of carbonyl (C=O) groups excluding carboxylic acids is 1. The molecule has 3 rings (SSSR count). The van der Waals surface area contributed by atoms with Crippen LogP contribution in [0.3, 0.4) is 0 Å². The van der Waals surface area contributed by atoms with E-state index in [1.54, 1.807) is 37.5 Å². The lowest BCUT2D eigenvalue weighted by Crippen LogP contribution is -2.40. The number of rotatable bonds is 15. The van der Waals surface area contributed by atoms with Gasteiger partial charge in [0.25, 0.3) is 5.91 Å². The quantitative estimate of drug-likeness (QED) is 0.349. The molecule has 3 atom stereocenters. The van der Waals surface area contributed by atoms with Gasteiger partial charge in [-0.3, -0.25) is 9.59 Å². The van der Waals surface area contributed by atoms with E-state index in [9.17, 15) is 9.59 Å². The summed E-state index contributed by atoms with van der Waals surface area (Å²) in [5.41, 5.74) is 0.738. The molecule has 1 aromatic heterocycles. The van der Waals surface area contributed by atoms with E-state index in [4.69, 9.17) is 33.2 Å². The molecule has 3 unspecified atom stereocenters. The van der Waals surface area contributed by atoms with E-state index in [2.05, 4.69) is 5.32 Å². The van der Waals surface area contributed by atoms with Gasteiger partial charge in [-0.2, -0.15) is 0 Å². The van der Waals surface area contributed by atoms with Crippen molar-refractivity contribution in [1.82, 2.24) is 5.32 Å². The number of nitrogens with one attached hydrogen (secondary N) is 1. The van der Waals surface area contributed by atoms with Crippen molar-refractivity contribution < 1.29 is 38.0 Å². The summed E-state index contributed by atoms with van der Waals surface area (Å²) in [6, 6.07) is 7.04. The maximum absolute atomic E-state index is 13.4. The molecule has 0 saturated heterocycles. The average molecular weight is 506 g/mol. The van der Waals surface area contributed by atoms with E-state index >= 15 is 0 Å². The van der Waals surface area contributed by atoms with Crippen LogP contribution >= 0.6 is 0 Å². The molecule has 0 radical (unpaired) electrons. The Morgan fingerprint density at radius 3 is 2.64 bits per heavy atom. The predicted octanol–water partition coefficient (Wildman–Crippen LogP) is 1.95. The van der Waals surface area contributed by atoms with Crippen LogP contribution in [-0.2, 0) is 28.5 Å². The van der Waals surface area contributed by atoms with Crippen molar-refractivity contribution in [1.29, 1.82) is 0 Å². The highest BCUT2D eigenvalue weighted by Gasteiger charge is 2.39. The zero-order valence-electron chi connectivity index (χ0n) is 20.8. The topological polar surface area (TPSA) is 126 Å². The number of aliphatic hydroxyl groups excluding tert-OH is 1. The summed E-state index contributed by atoms with van der Waals surface area (Å²) in [5, 5.41) is 12.0. The fraction of sp³-hybridized carbons (Fsp3) is 0.538. The van der Waals surface area contributed by atoms with Crippen LogP contribution in [0.1, 0.15) is 24.8 Å².